The molecule has 1 atom stereocenters. The highest BCUT2D eigenvalue weighted by Crippen LogP contribution is 2.31. The summed E-state index contributed by atoms with van der Waals surface area (Å²) < 4.78 is 0. The molecule has 0 saturated carbocycles. The lowest BCUT2D eigenvalue weighted by atomic mass is 9.83. The van der Waals surface area contributed by atoms with E-state index in [0.717, 1.165) is 25.6 Å². The van der Waals surface area contributed by atoms with Gasteiger partial charge in [0.25, 0.3) is 0 Å². The minimum absolute atomic E-state index is 0.555. The van der Waals surface area contributed by atoms with Crippen LogP contribution in [0, 0.1) is 0 Å². The predicted molar refractivity (Wildman–Crippen MR) is 86.3 cm³/mol. The first-order valence-electron chi connectivity index (χ1n) is 7.56. The number of benzene rings is 1. The van der Waals surface area contributed by atoms with Crippen molar-refractivity contribution in [3.8, 4) is 0 Å². The van der Waals surface area contributed by atoms with Crippen LogP contribution in [0.5, 0.6) is 0 Å². The Hall–Kier alpha value is -1.77. The smallest absolute Gasteiger partial charge is 0.191 e. The van der Waals surface area contributed by atoms with Crippen molar-refractivity contribution in [2.24, 2.45) is 4.99 Å². The van der Waals surface area contributed by atoms with Gasteiger partial charge in [-0.05, 0) is 37.3 Å². The molecule has 2 N–H and O–H groups in total. The maximum atomic E-state index is 4.72. The standard InChI is InChI=1S/C17H25N3/c1-3-12-19-17(18-4-2)20-13-15-10-7-9-14-8-5-6-11-16(14)15/h3,5-6,8,11,15H,1,4,7,9-10,12-13H2,2H3,(H2,18,19,20). The van der Waals surface area contributed by atoms with E-state index in [4.69, 9.17) is 4.99 Å². The molecule has 0 heterocycles. The Morgan fingerprint density at radius 3 is 3.05 bits per heavy atom. The monoisotopic (exact) mass is 271 g/mol. The van der Waals surface area contributed by atoms with Gasteiger partial charge in [0.05, 0.1) is 0 Å². The van der Waals surface area contributed by atoms with Crippen LogP contribution in [0.2, 0.25) is 0 Å². The molecule has 20 heavy (non-hydrogen) atoms. The first kappa shape index (κ1) is 14.6. The van der Waals surface area contributed by atoms with Crippen LogP contribution >= 0.6 is 0 Å². The maximum Gasteiger partial charge on any atom is 0.191 e. The van der Waals surface area contributed by atoms with Gasteiger partial charge in [0.1, 0.15) is 0 Å². The number of aliphatic imine (C=N–C) groups is 1. The lowest BCUT2D eigenvalue weighted by Gasteiger charge is -2.24. The summed E-state index contributed by atoms with van der Waals surface area (Å²) in [5, 5.41) is 6.53. The minimum atomic E-state index is 0.555. The van der Waals surface area contributed by atoms with Gasteiger partial charge in [-0.15, -0.1) is 6.58 Å². The SMILES string of the molecule is C=CCNC(=NCC1CCCc2ccccc21)NCC. The number of fused-ring (bicyclic) bond motifs is 1. The Labute approximate surface area is 122 Å². The average molecular weight is 271 g/mol. The van der Waals surface area contributed by atoms with Crippen LogP contribution in [0.3, 0.4) is 0 Å². The van der Waals surface area contributed by atoms with Gasteiger partial charge in [0, 0.05) is 25.6 Å². The Morgan fingerprint density at radius 2 is 2.25 bits per heavy atom. The normalized spacial score (nSPS) is 18.2. The van der Waals surface area contributed by atoms with Crippen molar-refractivity contribution in [2.75, 3.05) is 19.6 Å². The van der Waals surface area contributed by atoms with Crippen molar-refractivity contribution in [1.29, 1.82) is 0 Å². The highest BCUT2D eigenvalue weighted by Gasteiger charge is 2.19. The molecule has 0 spiro atoms. The summed E-state index contributed by atoms with van der Waals surface area (Å²) in [7, 11) is 0. The molecule has 1 aliphatic rings. The van der Waals surface area contributed by atoms with Gasteiger partial charge in [-0.2, -0.15) is 0 Å². The zero-order valence-corrected chi connectivity index (χ0v) is 12.4. The van der Waals surface area contributed by atoms with Gasteiger partial charge >= 0.3 is 0 Å². The van der Waals surface area contributed by atoms with Crippen molar-refractivity contribution in [3.63, 3.8) is 0 Å². The lowest BCUT2D eigenvalue weighted by molar-refractivity contribution is 0.559. The Morgan fingerprint density at radius 1 is 1.40 bits per heavy atom. The Balaban J connectivity index is 2.03. The van der Waals surface area contributed by atoms with Gasteiger partial charge < -0.3 is 10.6 Å². The molecular weight excluding hydrogens is 246 g/mol. The van der Waals surface area contributed by atoms with E-state index in [-0.39, 0.29) is 0 Å². The molecule has 0 saturated heterocycles. The van der Waals surface area contributed by atoms with E-state index in [9.17, 15) is 0 Å². The molecule has 0 amide bonds. The van der Waals surface area contributed by atoms with Gasteiger partial charge in [0.2, 0.25) is 0 Å². The molecule has 0 aromatic heterocycles. The second-order valence-electron chi connectivity index (χ2n) is 5.18. The lowest BCUT2D eigenvalue weighted by Crippen LogP contribution is -2.37. The van der Waals surface area contributed by atoms with Crippen LogP contribution in [0.4, 0.5) is 0 Å². The van der Waals surface area contributed by atoms with E-state index in [1.165, 1.54) is 30.4 Å². The van der Waals surface area contributed by atoms with E-state index in [1.807, 2.05) is 6.08 Å². The zero-order chi connectivity index (χ0) is 14.2. The van der Waals surface area contributed by atoms with Gasteiger partial charge in [-0.25, -0.2) is 0 Å². The van der Waals surface area contributed by atoms with Crippen molar-refractivity contribution in [3.05, 3.63) is 48.0 Å². The van der Waals surface area contributed by atoms with Crippen LogP contribution in [-0.4, -0.2) is 25.6 Å². The molecule has 1 unspecified atom stereocenters. The summed E-state index contributed by atoms with van der Waals surface area (Å²) in [5.74, 6) is 1.44. The number of nitrogens with zero attached hydrogens (tertiary/aromatic N) is 1. The molecule has 0 fully saturated rings. The minimum Gasteiger partial charge on any atom is -0.357 e. The van der Waals surface area contributed by atoms with Crippen LogP contribution in [-0.2, 0) is 6.42 Å². The quantitative estimate of drug-likeness (QED) is 0.491. The average Bonchev–Trinajstić information content (AvgIpc) is 2.50. The molecule has 0 radical (unpaired) electrons. The van der Waals surface area contributed by atoms with E-state index < -0.39 is 0 Å². The number of hydrogen-bond donors (Lipinski definition) is 2. The fourth-order valence-corrected chi connectivity index (χ4v) is 2.76. The Kier molecular flexibility index (Phi) is 5.66. The van der Waals surface area contributed by atoms with Crippen LogP contribution in [0.25, 0.3) is 0 Å². The number of nitrogens with one attached hydrogen (secondary N) is 2. The number of rotatable bonds is 5. The van der Waals surface area contributed by atoms with Crippen LogP contribution in [0.1, 0.15) is 36.8 Å². The van der Waals surface area contributed by atoms with Crippen molar-refractivity contribution < 1.29 is 0 Å². The second-order valence-corrected chi connectivity index (χ2v) is 5.18. The first-order valence-corrected chi connectivity index (χ1v) is 7.56. The molecule has 1 aliphatic carbocycles. The van der Waals surface area contributed by atoms with E-state index in [1.54, 1.807) is 0 Å². The zero-order valence-electron chi connectivity index (χ0n) is 12.4. The number of aryl methyl sites for hydroxylation is 1. The second kappa shape index (κ2) is 7.73. The molecular formula is C17H25N3. The van der Waals surface area contributed by atoms with Gasteiger partial charge in [-0.1, -0.05) is 30.3 Å². The number of guanidine groups is 1. The topological polar surface area (TPSA) is 36.4 Å². The third-order valence-electron chi connectivity index (χ3n) is 3.72. The summed E-state index contributed by atoms with van der Waals surface area (Å²) in [5.41, 5.74) is 2.99. The molecule has 2 rings (SSSR count). The fourth-order valence-electron chi connectivity index (χ4n) is 2.76. The van der Waals surface area contributed by atoms with Gasteiger partial charge in [-0.3, -0.25) is 4.99 Å². The van der Waals surface area contributed by atoms with Crippen molar-refractivity contribution >= 4 is 5.96 Å². The predicted octanol–water partition coefficient (Wildman–Crippen LogP) is 2.85. The highest BCUT2D eigenvalue weighted by molar-refractivity contribution is 5.79. The largest absolute Gasteiger partial charge is 0.357 e. The number of hydrogen-bond acceptors (Lipinski definition) is 1. The van der Waals surface area contributed by atoms with Crippen LogP contribution < -0.4 is 10.6 Å². The molecule has 108 valence electrons. The van der Waals surface area contributed by atoms with E-state index in [0.29, 0.717) is 5.92 Å². The summed E-state index contributed by atoms with van der Waals surface area (Å²) >= 11 is 0. The molecule has 3 heteroatoms. The maximum absolute atomic E-state index is 4.72. The third kappa shape index (κ3) is 3.86. The third-order valence-corrected chi connectivity index (χ3v) is 3.72. The molecule has 0 aliphatic heterocycles. The van der Waals surface area contributed by atoms with E-state index >= 15 is 0 Å². The van der Waals surface area contributed by atoms with Crippen molar-refractivity contribution in [2.45, 2.75) is 32.1 Å². The fraction of sp³-hybridized carbons (Fsp3) is 0.471. The molecule has 1 aromatic carbocycles. The van der Waals surface area contributed by atoms with Crippen LogP contribution in [0.15, 0.2) is 41.9 Å². The molecule has 3 nitrogen and oxygen atoms in total. The molecule has 1 aromatic rings. The van der Waals surface area contributed by atoms with Gasteiger partial charge in [0.15, 0.2) is 5.96 Å². The Bertz CT molecular complexity index is 465. The molecule has 0 bridgehead atoms. The first-order chi connectivity index (χ1) is 9.85. The van der Waals surface area contributed by atoms with Crippen molar-refractivity contribution in [1.82, 2.24) is 10.6 Å². The summed E-state index contributed by atoms with van der Waals surface area (Å²) in [6.45, 7) is 8.28. The highest BCUT2D eigenvalue weighted by atomic mass is 15.2. The summed E-state index contributed by atoms with van der Waals surface area (Å²) in [4.78, 5) is 4.72. The van der Waals surface area contributed by atoms with E-state index in [2.05, 4.69) is 48.4 Å². The summed E-state index contributed by atoms with van der Waals surface area (Å²) in [6.07, 6.45) is 5.57. The summed E-state index contributed by atoms with van der Waals surface area (Å²) in [6, 6.07) is 8.80.